The average molecular weight is 221 g/mol. The summed E-state index contributed by atoms with van der Waals surface area (Å²) in [6.45, 7) is 3.18. The van der Waals surface area contributed by atoms with Gasteiger partial charge in [-0.1, -0.05) is 12.8 Å². The second kappa shape index (κ2) is 4.16. The van der Waals surface area contributed by atoms with E-state index in [-0.39, 0.29) is 11.9 Å². The molecular weight excluding hydrogens is 202 g/mol. The predicted molar refractivity (Wildman–Crippen MR) is 55.5 cm³/mol. The van der Waals surface area contributed by atoms with E-state index in [0.717, 1.165) is 25.7 Å². The summed E-state index contributed by atoms with van der Waals surface area (Å²) in [7, 11) is -3.24. The van der Waals surface area contributed by atoms with E-state index in [9.17, 15) is 8.42 Å². The molecule has 1 aliphatic rings. The molecule has 4 nitrogen and oxygen atoms in total. The van der Waals surface area contributed by atoms with E-state index in [2.05, 4.69) is 4.72 Å². The Balaban J connectivity index is 2.66. The van der Waals surface area contributed by atoms with Crippen LogP contribution in [0.4, 0.5) is 0 Å². The van der Waals surface area contributed by atoms with E-state index in [1.165, 1.54) is 0 Å². The molecule has 14 heavy (non-hydrogen) atoms. The topological polar surface area (TPSA) is 66.4 Å². The third-order valence-corrected chi connectivity index (χ3v) is 4.74. The molecule has 0 aromatic heterocycles. The van der Waals surface area contributed by atoms with Crippen LogP contribution in [0.2, 0.25) is 0 Å². The molecule has 0 aromatic carbocycles. The van der Waals surface area contributed by atoms with Crippen molar-refractivity contribution in [2.45, 2.75) is 50.3 Å². The first-order valence-corrected chi connectivity index (χ1v) is 6.56. The summed E-state index contributed by atoms with van der Waals surface area (Å²) in [4.78, 5) is 0. The molecule has 5 heteroatoms. The molecule has 0 aromatic rings. The van der Waals surface area contributed by atoms with Crippen molar-refractivity contribution in [3.8, 4) is 0 Å². The van der Waals surface area contributed by atoms with Gasteiger partial charge in [0.15, 0.2) is 0 Å². The van der Waals surface area contributed by atoms with Crippen LogP contribution in [0.1, 0.15) is 39.5 Å². The Hall–Kier alpha value is -0.130. The molecule has 0 aliphatic heterocycles. The molecule has 0 amide bonds. The average Bonchev–Trinajstić information content (AvgIpc) is 2.54. The highest BCUT2D eigenvalue weighted by Crippen LogP contribution is 2.24. The lowest BCUT2D eigenvalue weighted by Crippen LogP contribution is -2.49. The number of hydrogen-bond donors (Lipinski definition) is 2. The molecule has 0 saturated heterocycles. The molecule has 1 fully saturated rings. The van der Waals surface area contributed by atoms with Gasteiger partial charge in [0.05, 0.1) is 17.4 Å². The van der Waals surface area contributed by atoms with E-state index < -0.39 is 15.6 Å². The van der Waals surface area contributed by atoms with Crippen molar-refractivity contribution in [2.24, 2.45) is 0 Å². The van der Waals surface area contributed by atoms with Crippen LogP contribution < -0.4 is 4.72 Å². The second-order valence-electron chi connectivity index (χ2n) is 4.60. The third kappa shape index (κ3) is 2.93. The summed E-state index contributed by atoms with van der Waals surface area (Å²) in [5.74, 6) is 0. The van der Waals surface area contributed by atoms with Crippen LogP contribution in [-0.4, -0.2) is 30.9 Å². The first-order chi connectivity index (χ1) is 6.37. The summed E-state index contributed by atoms with van der Waals surface area (Å²) in [5, 5.41) is 8.72. The van der Waals surface area contributed by atoms with Crippen LogP contribution in [0.15, 0.2) is 0 Å². The van der Waals surface area contributed by atoms with E-state index >= 15 is 0 Å². The number of aliphatic hydroxyl groups is 1. The maximum absolute atomic E-state index is 11.8. The zero-order valence-electron chi connectivity index (χ0n) is 8.78. The number of hydrogen-bond acceptors (Lipinski definition) is 3. The fraction of sp³-hybridized carbons (Fsp3) is 1.00. The molecule has 0 radical (unpaired) electrons. The lowest BCUT2D eigenvalue weighted by atomic mass is 10.1. The Morgan fingerprint density at radius 3 is 2.29 bits per heavy atom. The van der Waals surface area contributed by atoms with Crippen molar-refractivity contribution in [3.63, 3.8) is 0 Å². The standard InChI is InChI=1S/C9H19NO3S/c1-9(2,7-11)10-14(12,13)8-5-3-4-6-8/h8,10-11H,3-7H2,1-2H3. The summed E-state index contributed by atoms with van der Waals surface area (Å²) < 4.78 is 26.1. The first-order valence-electron chi connectivity index (χ1n) is 5.01. The second-order valence-corrected chi connectivity index (χ2v) is 6.56. The van der Waals surface area contributed by atoms with Crippen LogP contribution in [0.5, 0.6) is 0 Å². The normalized spacial score (nSPS) is 20.2. The largest absolute Gasteiger partial charge is 0.394 e. The quantitative estimate of drug-likeness (QED) is 0.731. The maximum Gasteiger partial charge on any atom is 0.215 e. The highest BCUT2D eigenvalue weighted by molar-refractivity contribution is 7.90. The third-order valence-electron chi connectivity index (χ3n) is 2.55. The van der Waals surface area contributed by atoms with Gasteiger partial charge in [-0.3, -0.25) is 0 Å². The zero-order valence-corrected chi connectivity index (χ0v) is 9.60. The smallest absolute Gasteiger partial charge is 0.215 e. The Morgan fingerprint density at radius 1 is 1.36 bits per heavy atom. The van der Waals surface area contributed by atoms with Gasteiger partial charge in [0.2, 0.25) is 10.0 Å². The lowest BCUT2D eigenvalue weighted by molar-refractivity contribution is 0.208. The zero-order chi connectivity index (χ0) is 10.8. The van der Waals surface area contributed by atoms with Gasteiger partial charge in [-0.15, -0.1) is 0 Å². The van der Waals surface area contributed by atoms with Crippen LogP contribution >= 0.6 is 0 Å². The van der Waals surface area contributed by atoms with Crippen molar-refractivity contribution >= 4 is 10.0 Å². The summed E-state index contributed by atoms with van der Waals surface area (Å²) in [6, 6.07) is 0. The van der Waals surface area contributed by atoms with Gasteiger partial charge in [-0.25, -0.2) is 13.1 Å². The summed E-state index contributed by atoms with van der Waals surface area (Å²) in [6.07, 6.45) is 3.48. The van der Waals surface area contributed by atoms with Crippen LogP contribution in [0.3, 0.4) is 0 Å². The lowest BCUT2D eigenvalue weighted by Gasteiger charge is -2.25. The van der Waals surface area contributed by atoms with Gasteiger partial charge in [0.25, 0.3) is 0 Å². The Labute approximate surface area is 85.8 Å². The predicted octanol–water partition coefficient (Wildman–Crippen LogP) is 0.619. The highest BCUT2D eigenvalue weighted by Gasteiger charge is 2.32. The van der Waals surface area contributed by atoms with Crippen LogP contribution in [-0.2, 0) is 10.0 Å². The first kappa shape index (κ1) is 11.9. The summed E-state index contributed by atoms with van der Waals surface area (Å²) >= 11 is 0. The van der Waals surface area contributed by atoms with Gasteiger partial charge >= 0.3 is 0 Å². The number of aliphatic hydroxyl groups excluding tert-OH is 1. The Bertz CT molecular complexity index is 278. The number of rotatable bonds is 4. The molecular formula is C9H19NO3S. The van der Waals surface area contributed by atoms with E-state index in [1.54, 1.807) is 13.8 Å². The van der Waals surface area contributed by atoms with Crippen LogP contribution in [0.25, 0.3) is 0 Å². The summed E-state index contributed by atoms with van der Waals surface area (Å²) in [5.41, 5.74) is -0.749. The maximum atomic E-state index is 11.8. The number of sulfonamides is 1. The van der Waals surface area contributed by atoms with Gasteiger partial charge < -0.3 is 5.11 Å². The Kier molecular flexibility index (Phi) is 3.55. The van der Waals surface area contributed by atoms with E-state index in [4.69, 9.17) is 5.11 Å². The SMILES string of the molecule is CC(C)(CO)NS(=O)(=O)C1CCCC1. The molecule has 0 spiro atoms. The minimum absolute atomic E-state index is 0.182. The van der Waals surface area contributed by atoms with Crippen molar-refractivity contribution in [1.82, 2.24) is 4.72 Å². The Morgan fingerprint density at radius 2 is 1.86 bits per heavy atom. The molecule has 0 unspecified atom stereocenters. The monoisotopic (exact) mass is 221 g/mol. The molecule has 1 aliphatic carbocycles. The molecule has 84 valence electrons. The van der Waals surface area contributed by atoms with Gasteiger partial charge in [0, 0.05) is 0 Å². The molecule has 0 heterocycles. The van der Waals surface area contributed by atoms with Crippen molar-refractivity contribution in [1.29, 1.82) is 0 Å². The van der Waals surface area contributed by atoms with Crippen molar-refractivity contribution < 1.29 is 13.5 Å². The van der Waals surface area contributed by atoms with Crippen LogP contribution in [0, 0.1) is 0 Å². The van der Waals surface area contributed by atoms with Gasteiger partial charge in [-0.05, 0) is 26.7 Å². The fourth-order valence-electron chi connectivity index (χ4n) is 1.70. The molecule has 1 rings (SSSR count). The molecule has 1 saturated carbocycles. The highest BCUT2D eigenvalue weighted by atomic mass is 32.2. The molecule has 0 atom stereocenters. The number of nitrogens with one attached hydrogen (secondary N) is 1. The van der Waals surface area contributed by atoms with E-state index in [0.29, 0.717) is 0 Å². The molecule has 2 N–H and O–H groups in total. The van der Waals surface area contributed by atoms with Gasteiger partial charge in [-0.2, -0.15) is 0 Å². The van der Waals surface area contributed by atoms with E-state index in [1.807, 2.05) is 0 Å². The minimum Gasteiger partial charge on any atom is -0.394 e. The van der Waals surface area contributed by atoms with Crippen molar-refractivity contribution in [3.05, 3.63) is 0 Å². The van der Waals surface area contributed by atoms with Crippen molar-refractivity contribution in [2.75, 3.05) is 6.61 Å². The van der Waals surface area contributed by atoms with Gasteiger partial charge in [0.1, 0.15) is 0 Å². The minimum atomic E-state index is -3.24. The fourth-order valence-corrected chi connectivity index (χ4v) is 3.65. The molecule has 0 bridgehead atoms.